The second-order valence-electron chi connectivity index (χ2n) is 9.46. The molecule has 1 fully saturated rings. The molecule has 1 unspecified atom stereocenters. The van der Waals surface area contributed by atoms with Gasteiger partial charge in [-0.25, -0.2) is 4.68 Å². The van der Waals surface area contributed by atoms with Crippen molar-refractivity contribution in [1.82, 2.24) is 19.9 Å². The molecule has 0 spiro atoms. The number of aliphatic hydroxyl groups is 1. The van der Waals surface area contributed by atoms with Crippen LogP contribution in [0.15, 0.2) is 103 Å². The summed E-state index contributed by atoms with van der Waals surface area (Å²) in [7, 11) is 1.37. The number of carbonyl (C=O) groups excluding carboxylic acids is 1. The van der Waals surface area contributed by atoms with E-state index in [4.69, 9.17) is 4.74 Å². The highest BCUT2D eigenvalue weighted by Gasteiger charge is 2.44. The molecule has 1 aromatic heterocycles. The summed E-state index contributed by atoms with van der Waals surface area (Å²) in [5.41, 5.74) is 4.56. The van der Waals surface area contributed by atoms with Crippen molar-refractivity contribution in [2.75, 3.05) is 20.2 Å². The first-order valence-corrected chi connectivity index (χ1v) is 12.9. The van der Waals surface area contributed by atoms with Gasteiger partial charge in [0.1, 0.15) is 0 Å². The van der Waals surface area contributed by atoms with E-state index >= 15 is 0 Å². The van der Waals surface area contributed by atoms with E-state index in [2.05, 4.69) is 88.0 Å². The van der Waals surface area contributed by atoms with Gasteiger partial charge in [-0.3, -0.25) is 9.69 Å². The van der Waals surface area contributed by atoms with E-state index in [1.807, 2.05) is 24.3 Å². The zero-order valence-electron chi connectivity index (χ0n) is 21.5. The number of aliphatic hydroxyl groups excluding tert-OH is 1. The summed E-state index contributed by atoms with van der Waals surface area (Å²) in [5, 5.41) is 19.3. The lowest BCUT2D eigenvalue weighted by atomic mass is 9.74. The van der Waals surface area contributed by atoms with Crippen LogP contribution in [-0.4, -0.2) is 57.3 Å². The van der Waals surface area contributed by atoms with Crippen LogP contribution >= 0.6 is 0 Å². The second-order valence-corrected chi connectivity index (χ2v) is 9.46. The number of methoxy groups -OCH3 is 1. The zero-order chi connectivity index (χ0) is 26.4. The maximum absolute atomic E-state index is 11.7. The average Bonchev–Trinajstić information content (AvgIpc) is 3.42. The number of benzene rings is 3. The molecule has 0 amide bonds. The minimum Gasteiger partial charge on any atom is -0.469 e. The van der Waals surface area contributed by atoms with Crippen molar-refractivity contribution in [2.24, 2.45) is 0 Å². The quantitative estimate of drug-likeness (QED) is 0.283. The number of piperidine rings is 1. The summed E-state index contributed by atoms with van der Waals surface area (Å²) in [6.07, 6.45) is 3.82. The fraction of sp³-hybridized carbons (Fsp3) is 0.258. The number of aryl methyl sites for hydroxylation is 1. The number of esters is 1. The van der Waals surface area contributed by atoms with Gasteiger partial charge < -0.3 is 9.84 Å². The summed E-state index contributed by atoms with van der Waals surface area (Å²) in [4.78, 5) is 14.1. The van der Waals surface area contributed by atoms with E-state index in [9.17, 15) is 9.90 Å². The first-order valence-electron chi connectivity index (χ1n) is 12.9. The molecular weight excluding hydrogens is 476 g/mol. The molecule has 7 nitrogen and oxygen atoms in total. The lowest BCUT2D eigenvalue weighted by Crippen LogP contribution is -2.52. The second kappa shape index (κ2) is 11.5. The van der Waals surface area contributed by atoms with Crippen LogP contribution in [0.25, 0.3) is 6.08 Å². The first kappa shape index (κ1) is 25.6. The van der Waals surface area contributed by atoms with Gasteiger partial charge in [0.05, 0.1) is 43.6 Å². The normalized spacial score (nSPS) is 17.4. The zero-order valence-corrected chi connectivity index (χ0v) is 21.5. The minimum absolute atomic E-state index is 0.198. The summed E-state index contributed by atoms with van der Waals surface area (Å²) >= 11 is 0. The van der Waals surface area contributed by atoms with Crippen molar-refractivity contribution >= 4 is 12.0 Å². The van der Waals surface area contributed by atoms with E-state index in [0.717, 1.165) is 28.0 Å². The first-order chi connectivity index (χ1) is 18.6. The van der Waals surface area contributed by atoms with Gasteiger partial charge in [0.15, 0.2) is 0 Å². The number of ether oxygens (including phenoxy) is 1. The molecule has 1 aliphatic heterocycles. The third-order valence-electron chi connectivity index (χ3n) is 7.26. The molecule has 194 valence electrons. The van der Waals surface area contributed by atoms with Crippen molar-refractivity contribution in [3.63, 3.8) is 0 Å². The average molecular weight is 509 g/mol. The number of nitrogens with zero attached hydrogens (tertiary/aromatic N) is 4. The van der Waals surface area contributed by atoms with Crippen LogP contribution in [0.5, 0.6) is 0 Å². The van der Waals surface area contributed by atoms with Crippen molar-refractivity contribution in [3.8, 4) is 0 Å². The molecule has 1 saturated heterocycles. The van der Waals surface area contributed by atoms with Crippen LogP contribution < -0.4 is 0 Å². The highest BCUT2D eigenvalue weighted by molar-refractivity contribution is 5.69. The standard InChI is InChI=1S/C31H32N4O3/c1-38-30(37)18-20-35-28(22-32-33-35)21-24-23-34(19-17-29(24)36)31(25-11-5-2-6-12-25,26-13-7-3-8-14-26)27-15-9-4-10-16-27/h2-16,21-22,29,36H,17-20,23H2,1H3/b24-21-. The van der Waals surface area contributed by atoms with Gasteiger partial charge in [-0.15, -0.1) is 5.10 Å². The number of carbonyl (C=O) groups is 1. The molecule has 2 heterocycles. The van der Waals surface area contributed by atoms with Crippen LogP contribution in [0.1, 0.15) is 35.2 Å². The van der Waals surface area contributed by atoms with Crippen LogP contribution in [0, 0.1) is 0 Å². The predicted molar refractivity (Wildman–Crippen MR) is 146 cm³/mol. The molecule has 0 saturated carbocycles. The van der Waals surface area contributed by atoms with Gasteiger partial charge in [0.25, 0.3) is 0 Å². The van der Waals surface area contributed by atoms with Crippen molar-refractivity contribution in [2.45, 2.75) is 31.0 Å². The fourth-order valence-electron chi connectivity index (χ4n) is 5.42. The topological polar surface area (TPSA) is 80.5 Å². The van der Waals surface area contributed by atoms with Gasteiger partial charge in [-0.2, -0.15) is 0 Å². The molecule has 0 radical (unpaired) electrons. The van der Waals surface area contributed by atoms with Crippen LogP contribution in [0.3, 0.4) is 0 Å². The number of aromatic nitrogens is 3. The Balaban J connectivity index is 1.60. The van der Waals surface area contributed by atoms with Crippen molar-refractivity contribution in [3.05, 3.63) is 125 Å². The number of rotatable bonds is 8. The van der Waals surface area contributed by atoms with Gasteiger partial charge in [-0.05, 0) is 34.8 Å². The monoisotopic (exact) mass is 508 g/mol. The fourth-order valence-corrected chi connectivity index (χ4v) is 5.42. The van der Waals surface area contributed by atoms with Gasteiger partial charge in [0.2, 0.25) is 0 Å². The molecule has 1 N–H and O–H groups in total. The van der Waals surface area contributed by atoms with E-state index in [0.29, 0.717) is 26.1 Å². The number of hydrogen-bond donors (Lipinski definition) is 1. The Labute approximate surface area is 223 Å². The summed E-state index contributed by atoms with van der Waals surface area (Å²) in [5.74, 6) is -0.304. The van der Waals surface area contributed by atoms with Gasteiger partial charge in [0, 0.05) is 13.1 Å². The molecule has 3 aromatic carbocycles. The molecule has 38 heavy (non-hydrogen) atoms. The molecule has 4 aromatic rings. The Kier molecular flexibility index (Phi) is 7.77. The van der Waals surface area contributed by atoms with Crippen LogP contribution in [0.4, 0.5) is 0 Å². The lowest BCUT2D eigenvalue weighted by Gasteiger charge is -2.48. The Morgan fingerprint density at radius 1 is 0.974 bits per heavy atom. The van der Waals surface area contributed by atoms with Crippen molar-refractivity contribution in [1.29, 1.82) is 0 Å². The molecule has 1 atom stereocenters. The third kappa shape index (κ3) is 5.03. The molecular formula is C31H32N4O3. The third-order valence-corrected chi connectivity index (χ3v) is 7.26. The minimum atomic E-state index is -0.588. The van der Waals surface area contributed by atoms with Crippen molar-refractivity contribution < 1.29 is 14.6 Å². The molecule has 1 aliphatic rings. The van der Waals surface area contributed by atoms with E-state index in [1.54, 1.807) is 10.9 Å². The number of likely N-dealkylation sites (tertiary alicyclic amines) is 1. The van der Waals surface area contributed by atoms with Gasteiger partial charge >= 0.3 is 5.97 Å². The SMILES string of the molecule is COC(=O)CCn1nncc1/C=C1/CN(C(c2ccccc2)(c2ccccc2)c2ccccc2)CCC1O. The largest absolute Gasteiger partial charge is 0.469 e. The summed E-state index contributed by atoms with van der Waals surface area (Å²) in [6.45, 7) is 1.60. The van der Waals surface area contributed by atoms with Gasteiger partial charge in [-0.1, -0.05) is 96.2 Å². The maximum atomic E-state index is 11.7. The maximum Gasteiger partial charge on any atom is 0.307 e. The lowest BCUT2D eigenvalue weighted by molar-refractivity contribution is -0.140. The Bertz CT molecular complexity index is 1270. The van der Waals surface area contributed by atoms with E-state index in [1.165, 1.54) is 7.11 Å². The Morgan fingerprint density at radius 3 is 2.05 bits per heavy atom. The summed E-state index contributed by atoms with van der Waals surface area (Å²) in [6, 6.07) is 31.7. The molecule has 7 heteroatoms. The van der Waals surface area contributed by atoms with E-state index in [-0.39, 0.29) is 12.4 Å². The Morgan fingerprint density at radius 2 is 1.53 bits per heavy atom. The number of hydrogen-bond acceptors (Lipinski definition) is 6. The van der Waals surface area contributed by atoms with Crippen LogP contribution in [0.2, 0.25) is 0 Å². The molecule has 5 rings (SSSR count). The Hall–Kier alpha value is -4.07. The highest BCUT2D eigenvalue weighted by atomic mass is 16.5. The molecule has 0 bridgehead atoms. The molecule has 0 aliphatic carbocycles. The smallest absolute Gasteiger partial charge is 0.307 e. The summed E-state index contributed by atoms with van der Waals surface area (Å²) < 4.78 is 6.45. The van der Waals surface area contributed by atoms with Crippen LogP contribution in [-0.2, 0) is 21.6 Å². The predicted octanol–water partition coefficient (Wildman–Crippen LogP) is 4.28. The highest BCUT2D eigenvalue weighted by Crippen LogP contribution is 2.44. The van der Waals surface area contributed by atoms with E-state index < -0.39 is 11.6 Å².